The molecule has 6 aliphatic heterocycles. The van der Waals surface area contributed by atoms with Crippen LogP contribution in [-0.2, 0) is 61.6 Å². The summed E-state index contributed by atoms with van der Waals surface area (Å²) < 4.78 is 72.2. The van der Waals surface area contributed by atoms with Crippen molar-refractivity contribution < 1.29 is 164 Å². The number of hydrogen-bond donors (Lipinski definition) is 20. The normalized spacial score (nSPS) is 54.8. The van der Waals surface area contributed by atoms with Crippen LogP contribution in [0.5, 0.6) is 0 Å². The van der Waals surface area contributed by atoms with E-state index in [4.69, 9.17) is 56.8 Å². The molecular formula is C57H92O33. The van der Waals surface area contributed by atoms with E-state index in [1.165, 1.54) is 0 Å². The van der Waals surface area contributed by atoms with E-state index in [-0.39, 0.29) is 12.8 Å². The van der Waals surface area contributed by atoms with Gasteiger partial charge in [0.2, 0.25) is 6.29 Å². The summed E-state index contributed by atoms with van der Waals surface area (Å²) in [6, 6.07) is 0. The van der Waals surface area contributed by atoms with Gasteiger partial charge < -0.3 is 159 Å². The summed E-state index contributed by atoms with van der Waals surface area (Å²) in [5.74, 6) is -1.18. The van der Waals surface area contributed by atoms with E-state index in [0.29, 0.717) is 50.5 Å². The number of aliphatic hydroxyl groups excluding tert-OH is 20. The third-order valence-corrected chi connectivity index (χ3v) is 22.3. The molecule has 90 heavy (non-hydrogen) atoms. The molecule has 0 aromatic rings. The topological polar surface area (TPSA) is 532 Å². The number of hydrogen-bond acceptors (Lipinski definition) is 33. The van der Waals surface area contributed by atoms with E-state index in [1.54, 1.807) is 6.92 Å². The van der Waals surface area contributed by atoms with Gasteiger partial charge in [-0.25, -0.2) is 0 Å². The maximum absolute atomic E-state index is 15.1. The Morgan fingerprint density at radius 2 is 0.878 bits per heavy atom. The van der Waals surface area contributed by atoms with Crippen LogP contribution in [0.25, 0.3) is 0 Å². The Labute approximate surface area is 516 Å². The van der Waals surface area contributed by atoms with E-state index in [9.17, 15) is 102 Å². The lowest BCUT2D eigenvalue weighted by molar-refractivity contribution is -0.401. The summed E-state index contributed by atoms with van der Waals surface area (Å²) in [4.78, 5) is 15.1. The average molecular weight is 1310 g/mol. The van der Waals surface area contributed by atoms with Crippen LogP contribution in [-0.4, -0.2) is 338 Å². The van der Waals surface area contributed by atoms with Crippen LogP contribution in [0, 0.1) is 27.6 Å². The van der Waals surface area contributed by atoms with Crippen molar-refractivity contribution in [1.82, 2.24) is 0 Å². The molecule has 33 nitrogen and oxygen atoms in total. The van der Waals surface area contributed by atoms with Crippen LogP contribution in [0.2, 0.25) is 0 Å². The Morgan fingerprint density at radius 3 is 1.40 bits per heavy atom. The zero-order valence-corrected chi connectivity index (χ0v) is 50.0. The highest BCUT2D eigenvalue weighted by atomic mass is 16.8. The predicted octanol–water partition coefficient (Wildman–Crippen LogP) is -9.08. The van der Waals surface area contributed by atoms with Crippen molar-refractivity contribution in [3.8, 4) is 0 Å². The summed E-state index contributed by atoms with van der Waals surface area (Å²) in [7, 11) is 0. The largest absolute Gasteiger partial charge is 0.432 e. The molecule has 2 bridgehead atoms. The quantitative estimate of drug-likeness (QED) is 0.0344. The molecule has 0 amide bonds. The van der Waals surface area contributed by atoms with Crippen LogP contribution in [0.15, 0.2) is 12.2 Å². The van der Waals surface area contributed by atoms with Crippen molar-refractivity contribution in [2.24, 2.45) is 27.6 Å². The molecule has 36 atom stereocenters. The molecule has 0 radical (unpaired) electrons. The van der Waals surface area contributed by atoms with E-state index >= 15 is 4.79 Å². The molecule has 31 unspecified atom stereocenters. The molecule has 10 rings (SSSR count). The SMILES string of the molecule is C=C1C[C@@]23CCC4[C@](C)(C(=O)OC5OC(CO)C(O)C(O)C5OC5OC(CO)C(O)C(O)C5O)CCC[C@@]4(C)[C@]2(C)CC[C@]1(OC1OC(CO)C(O)C(OC2OC(COC4OC(CO)C(O)C(O)C4O)C(O)C(O)C2O)C1OC1OC(CO)C(O)C(O)C1O)C3. The van der Waals surface area contributed by atoms with Crippen molar-refractivity contribution >= 4 is 5.97 Å². The molecule has 10 aliphatic rings. The Hall–Kier alpha value is -2.03. The Bertz CT molecular complexity index is 2450. The van der Waals surface area contributed by atoms with Gasteiger partial charge in [0.05, 0.1) is 50.7 Å². The molecule has 0 aromatic carbocycles. The van der Waals surface area contributed by atoms with Gasteiger partial charge in [-0.15, -0.1) is 0 Å². The lowest BCUT2D eigenvalue weighted by Crippen LogP contribution is -2.68. The molecule has 4 saturated carbocycles. The number of ether oxygens (including phenoxy) is 12. The fourth-order valence-corrected chi connectivity index (χ4v) is 16.6. The van der Waals surface area contributed by atoms with Gasteiger partial charge in [0, 0.05) is 0 Å². The van der Waals surface area contributed by atoms with Crippen molar-refractivity contribution in [3.63, 3.8) is 0 Å². The second-order valence-corrected chi connectivity index (χ2v) is 27.0. The highest BCUT2D eigenvalue weighted by molar-refractivity contribution is 5.77. The predicted molar refractivity (Wildman–Crippen MR) is 289 cm³/mol. The van der Waals surface area contributed by atoms with Gasteiger partial charge in [-0.1, -0.05) is 26.8 Å². The minimum Gasteiger partial charge on any atom is -0.432 e. The number of esters is 1. The van der Waals surface area contributed by atoms with Crippen LogP contribution in [0.4, 0.5) is 0 Å². The summed E-state index contributed by atoms with van der Waals surface area (Å²) in [6.45, 7) is 5.56. The van der Waals surface area contributed by atoms with Crippen molar-refractivity contribution in [1.29, 1.82) is 0 Å². The molecule has 33 heteroatoms. The summed E-state index contributed by atoms with van der Waals surface area (Å²) in [5.41, 5.74) is -3.89. The van der Waals surface area contributed by atoms with Crippen LogP contribution >= 0.6 is 0 Å². The first-order valence-electron chi connectivity index (χ1n) is 30.8. The third kappa shape index (κ3) is 11.9. The third-order valence-electron chi connectivity index (χ3n) is 22.3. The number of aliphatic hydroxyl groups is 20. The fourth-order valence-electron chi connectivity index (χ4n) is 16.6. The van der Waals surface area contributed by atoms with E-state index in [2.05, 4.69) is 20.4 Å². The standard InChI is InChI=1S/C57H92O33/c1-20-12-56-9-6-27-53(2,52(78)89-50-44(38(73)31(66)24(16-61)83-50)87-47-40(75)35(70)29(64)22(14-59)81-47)7-5-8-54(27,3)55(56,4)10-11-57(20,19-56)90-51-45(88-48-41(76)36(71)30(65)23(15-60)82-48)43(33(68)25(17-62)84-51)86-49-42(77)37(72)32(67)26(85-49)18-79-46-39(74)34(69)28(63)21(13-58)80-46/h21-51,58-77H,1,5-19H2,2-4H3/t21?,22?,23?,24?,25?,26?,27?,28?,29?,30?,31?,32?,33?,34?,35?,36?,37?,38?,39?,40?,41?,42?,43?,44?,45?,46?,47?,48?,49?,50?,51?,53-,54-,55+,56-,57+/m1/s1. The molecule has 0 aromatic heterocycles. The minimum absolute atomic E-state index is 0.221. The van der Waals surface area contributed by atoms with Crippen LogP contribution in [0.3, 0.4) is 0 Å². The van der Waals surface area contributed by atoms with Crippen molar-refractivity contribution in [2.45, 2.75) is 268 Å². The highest BCUT2D eigenvalue weighted by Gasteiger charge is 2.74. The Balaban J connectivity index is 0.908. The summed E-state index contributed by atoms with van der Waals surface area (Å²) in [6.07, 6.45) is -51.3. The van der Waals surface area contributed by atoms with Gasteiger partial charge in [0.25, 0.3) is 0 Å². The Kier molecular flexibility index (Phi) is 21.3. The van der Waals surface area contributed by atoms with Crippen molar-refractivity contribution in [3.05, 3.63) is 12.2 Å². The minimum atomic E-state index is -2.14. The fraction of sp³-hybridized carbons (Fsp3) is 0.947. The van der Waals surface area contributed by atoms with E-state index in [0.717, 1.165) is 0 Å². The van der Waals surface area contributed by atoms with Gasteiger partial charge in [-0.05, 0) is 86.0 Å². The van der Waals surface area contributed by atoms with Crippen molar-refractivity contribution in [2.75, 3.05) is 39.6 Å². The van der Waals surface area contributed by atoms with E-state index in [1.807, 2.05) is 0 Å². The zero-order valence-electron chi connectivity index (χ0n) is 50.0. The molecule has 6 heterocycles. The molecule has 518 valence electrons. The van der Waals surface area contributed by atoms with Gasteiger partial charge in [0.1, 0.15) is 140 Å². The molecule has 10 fully saturated rings. The number of rotatable bonds is 18. The highest BCUT2D eigenvalue weighted by Crippen LogP contribution is 2.79. The first-order valence-corrected chi connectivity index (χ1v) is 30.8. The lowest BCUT2D eigenvalue weighted by atomic mass is 9.35. The zero-order chi connectivity index (χ0) is 65.6. The number of fused-ring (bicyclic) bond motifs is 3. The average Bonchev–Trinajstić information content (AvgIpc) is 1.33. The number of carbonyl (C=O) groups excluding carboxylic acids is 1. The first-order chi connectivity index (χ1) is 42.4. The van der Waals surface area contributed by atoms with Gasteiger partial charge >= 0.3 is 5.97 Å². The van der Waals surface area contributed by atoms with E-state index < -0.39 is 263 Å². The molecule has 4 aliphatic carbocycles. The molecular weight excluding hydrogens is 1210 g/mol. The summed E-state index contributed by atoms with van der Waals surface area (Å²) >= 11 is 0. The summed E-state index contributed by atoms with van der Waals surface area (Å²) in [5, 5.41) is 215. The maximum atomic E-state index is 15.1. The maximum Gasteiger partial charge on any atom is 0.314 e. The van der Waals surface area contributed by atoms with Gasteiger partial charge in [-0.3, -0.25) is 4.79 Å². The van der Waals surface area contributed by atoms with Crippen LogP contribution < -0.4 is 0 Å². The van der Waals surface area contributed by atoms with Crippen LogP contribution in [0.1, 0.15) is 78.6 Å². The van der Waals surface area contributed by atoms with Gasteiger partial charge in [-0.2, -0.15) is 0 Å². The Morgan fingerprint density at radius 1 is 0.456 bits per heavy atom. The molecule has 1 spiro atoms. The second kappa shape index (κ2) is 27.1. The van der Waals surface area contributed by atoms with Gasteiger partial charge in [0.15, 0.2) is 37.6 Å². The number of carbonyl (C=O) groups is 1. The lowest BCUT2D eigenvalue weighted by Gasteiger charge is -2.69. The smallest absolute Gasteiger partial charge is 0.314 e. The second-order valence-electron chi connectivity index (χ2n) is 27.0. The molecule has 6 saturated heterocycles. The first kappa shape index (κ1) is 70.8. The monoisotopic (exact) mass is 1300 g/mol. The molecule has 20 N–H and O–H groups in total.